The molecule has 0 spiro atoms. The van der Waals surface area contributed by atoms with Gasteiger partial charge in [0.2, 0.25) is 17.9 Å². The first-order valence-electron chi connectivity index (χ1n) is 22.2. The van der Waals surface area contributed by atoms with Gasteiger partial charge in [-0.25, -0.2) is 24.1 Å². The summed E-state index contributed by atoms with van der Waals surface area (Å²) >= 11 is 8.39. The van der Waals surface area contributed by atoms with Gasteiger partial charge in [-0.2, -0.15) is 18.2 Å². The Labute approximate surface area is 409 Å². The van der Waals surface area contributed by atoms with Crippen molar-refractivity contribution in [1.82, 2.24) is 35.5 Å². The summed E-state index contributed by atoms with van der Waals surface area (Å²) in [7, 11) is 0. The minimum atomic E-state index is -4.43. The normalized spacial score (nSPS) is 13.8. The number of aromatic nitrogens is 4. The number of piperazine rings is 1. The van der Waals surface area contributed by atoms with Crippen molar-refractivity contribution in [1.29, 1.82) is 0 Å². The second-order valence-electron chi connectivity index (χ2n) is 17.4. The minimum absolute atomic E-state index is 0.00512. The number of hydrogen-bond donors (Lipinski definition) is 3. The van der Waals surface area contributed by atoms with E-state index in [0.29, 0.717) is 86.2 Å². The number of thiophene rings is 1. The van der Waals surface area contributed by atoms with Crippen molar-refractivity contribution in [3.63, 3.8) is 0 Å². The quantitative estimate of drug-likeness (QED) is 0.0377. The first-order valence-corrected chi connectivity index (χ1v) is 23.4. The molecule has 0 aliphatic carbocycles. The fourth-order valence-electron chi connectivity index (χ4n) is 7.59. The van der Waals surface area contributed by atoms with Crippen LogP contribution in [0.2, 0.25) is 5.02 Å². The van der Waals surface area contributed by atoms with Crippen LogP contribution in [0.15, 0.2) is 73.2 Å². The number of alkyl halides is 3. The average molecular weight is 1010 g/mol. The van der Waals surface area contributed by atoms with Crippen molar-refractivity contribution in [2.24, 2.45) is 0 Å². The third kappa shape index (κ3) is 13.9. The van der Waals surface area contributed by atoms with Gasteiger partial charge < -0.3 is 34.7 Å². The van der Waals surface area contributed by atoms with E-state index >= 15 is 0 Å². The van der Waals surface area contributed by atoms with Crippen molar-refractivity contribution >= 4 is 51.0 Å². The first-order chi connectivity index (χ1) is 33.3. The van der Waals surface area contributed by atoms with E-state index in [9.17, 15) is 37.1 Å². The molecule has 1 fully saturated rings. The molecule has 0 radical (unpaired) electrons. The number of benzene rings is 3. The molecule has 1 atom stereocenters. The number of nitrogens with zero attached hydrogens (tertiary/aromatic N) is 5. The van der Waals surface area contributed by atoms with Crippen LogP contribution in [0.4, 0.5) is 17.6 Å². The van der Waals surface area contributed by atoms with E-state index in [4.69, 9.17) is 30.5 Å². The molecule has 70 heavy (non-hydrogen) atoms. The summed E-state index contributed by atoms with van der Waals surface area (Å²) in [5.74, 6) is -2.19. The number of carbonyl (C=O) groups is 3. The van der Waals surface area contributed by atoms with E-state index < -0.39 is 48.7 Å². The van der Waals surface area contributed by atoms with Gasteiger partial charge in [0.05, 0.1) is 30.5 Å². The predicted molar refractivity (Wildman–Crippen MR) is 253 cm³/mol. The molecule has 1 aliphatic rings. The standard InChI is InChI=1S/C49H50ClF4N7O8S/c1-28-35(11-8-31(42(28)50)24-55-16-18-61-19-17-56-38(62)25-61)40-41-44(58-27-59-45(41)70-43(40)30-6-9-33(51)10-7-30)68-37(46(64)65)23-32-21-29(22-39(63)69-48(2,3)4)5-12-36(32)67-26-34-13-15-57-47(60-34)66-20-14-49(52,53)54/h5-13,15,21,27,37,55H,14,16-20,22-26H2,1-4H3,(H,56,62)(H,64,65)/t37-/m1/s1. The van der Waals surface area contributed by atoms with Crippen molar-refractivity contribution in [3.05, 3.63) is 112 Å². The van der Waals surface area contributed by atoms with Gasteiger partial charge >= 0.3 is 24.1 Å². The third-order valence-electron chi connectivity index (χ3n) is 10.8. The fraction of sp³-hybridized carbons (Fsp3) is 0.367. The van der Waals surface area contributed by atoms with Crippen molar-refractivity contribution in [2.45, 2.75) is 78.0 Å². The molecule has 1 aliphatic heterocycles. The molecule has 3 N–H and O–H groups in total. The Kier molecular flexibility index (Phi) is 16.5. The molecule has 0 bridgehead atoms. The molecule has 1 saturated heterocycles. The van der Waals surface area contributed by atoms with E-state index in [1.54, 1.807) is 51.1 Å². The van der Waals surface area contributed by atoms with Gasteiger partial charge in [0.15, 0.2) is 0 Å². The largest absolute Gasteiger partial charge is 0.487 e. The van der Waals surface area contributed by atoms with Crippen LogP contribution in [0.25, 0.3) is 31.8 Å². The highest BCUT2D eigenvalue weighted by molar-refractivity contribution is 7.22. The minimum Gasteiger partial charge on any atom is -0.487 e. The Balaban J connectivity index is 1.20. The number of nitrogens with one attached hydrogen (secondary N) is 2. The second-order valence-corrected chi connectivity index (χ2v) is 18.8. The summed E-state index contributed by atoms with van der Waals surface area (Å²) in [4.78, 5) is 58.3. The van der Waals surface area contributed by atoms with Crippen LogP contribution in [-0.2, 0) is 45.1 Å². The van der Waals surface area contributed by atoms with Crippen LogP contribution in [0.3, 0.4) is 0 Å². The predicted octanol–water partition coefficient (Wildman–Crippen LogP) is 8.31. The zero-order valence-corrected chi connectivity index (χ0v) is 40.2. The molecular formula is C49H50ClF4N7O8S. The van der Waals surface area contributed by atoms with E-state index in [2.05, 4.69) is 35.5 Å². The summed E-state index contributed by atoms with van der Waals surface area (Å²) in [6.07, 6.45) is -5.14. The lowest BCUT2D eigenvalue weighted by Gasteiger charge is -2.26. The maximum absolute atomic E-state index is 14.3. The third-order valence-corrected chi connectivity index (χ3v) is 12.5. The number of esters is 1. The lowest BCUT2D eigenvalue weighted by atomic mass is 9.94. The number of carboxylic acids is 1. The van der Waals surface area contributed by atoms with Crippen molar-refractivity contribution in [3.8, 4) is 39.2 Å². The summed E-state index contributed by atoms with van der Waals surface area (Å²) in [6, 6.07) is 15.7. The van der Waals surface area contributed by atoms with Gasteiger partial charge in [-0.05, 0) is 85.3 Å². The van der Waals surface area contributed by atoms with E-state index in [1.807, 2.05) is 19.1 Å². The molecule has 21 heteroatoms. The number of amides is 1. The zero-order valence-electron chi connectivity index (χ0n) is 38.6. The van der Waals surface area contributed by atoms with E-state index in [-0.39, 0.29) is 48.7 Å². The number of halogens is 5. The van der Waals surface area contributed by atoms with Crippen LogP contribution >= 0.6 is 22.9 Å². The number of fused-ring (bicyclic) bond motifs is 1. The van der Waals surface area contributed by atoms with E-state index in [1.165, 1.54) is 42.1 Å². The van der Waals surface area contributed by atoms with Gasteiger partial charge in [0.25, 0.3) is 0 Å². The van der Waals surface area contributed by atoms with Gasteiger partial charge in [-0.15, -0.1) is 11.3 Å². The second kappa shape index (κ2) is 22.5. The summed E-state index contributed by atoms with van der Waals surface area (Å²) < 4.78 is 75.7. The van der Waals surface area contributed by atoms with Gasteiger partial charge in [-0.3, -0.25) is 14.5 Å². The van der Waals surface area contributed by atoms with Crippen molar-refractivity contribution in [2.75, 3.05) is 39.3 Å². The van der Waals surface area contributed by atoms with Crippen LogP contribution in [0, 0.1) is 12.7 Å². The first kappa shape index (κ1) is 51.4. The maximum atomic E-state index is 14.3. The highest BCUT2D eigenvalue weighted by atomic mass is 35.5. The maximum Gasteiger partial charge on any atom is 0.392 e. The smallest absolute Gasteiger partial charge is 0.392 e. The number of rotatable bonds is 20. The SMILES string of the molecule is Cc1c(-c2c(-c3ccc(F)cc3)sc3ncnc(O[C@H](Cc4cc(CC(=O)OC(C)(C)C)ccc4OCc4ccnc(OCCC(F)(F)F)n4)C(=O)O)c23)ccc(CNCCN2CCNC(=O)C2)c1Cl. The molecular weight excluding hydrogens is 958 g/mol. The molecule has 0 unspecified atom stereocenters. The number of hydrogen-bond acceptors (Lipinski definition) is 14. The summed E-state index contributed by atoms with van der Waals surface area (Å²) in [5, 5.41) is 17.9. The number of carbonyl (C=O) groups excluding carboxylic acids is 2. The summed E-state index contributed by atoms with van der Waals surface area (Å²) in [6.45, 7) is 9.61. The van der Waals surface area contributed by atoms with Gasteiger partial charge in [0.1, 0.15) is 41.5 Å². The molecule has 15 nitrogen and oxygen atoms in total. The number of aliphatic carboxylic acids is 1. The fourth-order valence-corrected chi connectivity index (χ4v) is 8.97. The molecule has 370 valence electrons. The van der Waals surface area contributed by atoms with Gasteiger partial charge in [0, 0.05) is 60.8 Å². The van der Waals surface area contributed by atoms with Crippen molar-refractivity contribution < 1.29 is 56.0 Å². The molecule has 3 aromatic heterocycles. The molecule has 6 aromatic rings. The highest BCUT2D eigenvalue weighted by Gasteiger charge is 2.30. The Hall–Kier alpha value is -6.48. The Morgan fingerprint density at radius 2 is 1.80 bits per heavy atom. The molecule has 0 saturated carbocycles. The molecule has 3 aromatic carbocycles. The van der Waals surface area contributed by atoms with Crippen LogP contribution in [0.5, 0.6) is 17.6 Å². The Morgan fingerprint density at radius 1 is 1.01 bits per heavy atom. The van der Waals surface area contributed by atoms with Crippen LogP contribution in [0.1, 0.15) is 55.1 Å². The highest BCUT2D eigenvalue weighted by Crippen LogP contribution is 2.49. The van der Waals surface area contributed by atoms with Gasteiger partial charge in [-0.1, -0.05) is 48.0 Å². The van der Waals surface area contributed by atoms with Crippen LogP contribution < -0.4 is 24.8 Å². The topological polar surface area (TPSA) is 187 Å². The number of carboxylic acid groups (broad SMARTS) is 1. The van der Waals surface area contributed by atoms with Crippen LogP contribution in [-0.4, -0.2) is 105 Å². The molecule has 1 amide bonds. The molecule has 7 rings (SSSR count). The number of ether oxygens (including phenoxy) is 4. The monoisotopic (exact) mass is 1010 g/mol. The Morgan fingerprint density at radius 3 is 2.53 bits per heavy atom. The summed E-state index contributed by atoms with van der Waals surface area (Å²) in [5.41, 5.74) is 3.73. The average Bonchev–Trinajstić information content (AvgIpc) is 3.68. The molecule has 4 heterocycles. The lowest BCUT2D eigenvalue weighted by molar-refractivity contribution is -0.154. The lowest BCUT2D eigenvalue weighted by Crippen LogP contribution is -2.49. The van der Waals surface area contributed by atoms with E-state index in [0.717, 1.165) is 12.1 Å². The zero-order chi connectivity index (χ0) is 50.2. The Bertz CT molecular complexity index is 2840.